The Morgan fingerprint density at radius 3 is 2.75 bits per heavy atom. The van der Waals surface area contributed by atoms with Crippen LogP contribution < -0.4 is 11.1 Å². The minimum absolute atomic E-state index is 0.122. The van der Waals surface area contributed by atoms with Gasteiger partial charge in [-0.05, 0) is 35.4 Å². The highest BCUT2D eigenvalue weighted by atomic mass is 16.2. The maximum atomic E-state index is 13.0. The van der Waals surface area contributed by atoms with Crippen molar-refractivity contribution in [2.45, 2.75) is 58.3 Å². The summed E-state index contributed by atoms with van der Waals surface area (Å²) in [5.74, 6) is -0.762. The van der Waals surface area contributed by atoms with E-state index in [4.69, 9.17) is 5.73 Å². The van der Waals surface area contributed by atoms with E-state index in [9.17, 15) is 14.4 Å². The predicted molar refractivity (Wildman–Crippen MR) is 104 cm³/mol. The lowest BCUT2D eigenvalue weighted by Gasteiger charge is -2.29. The molecule has 0 radical (unpaired) electrons. The Hall–Kier alpha value is -2.25. The number of nitrogens with one attached hydrogen (secondary N) is 1. The Balaban J connectivity index is 1.50. The van der Waals surface area contributed by atoms with Crippen molar-refractivity contribution in [3.8, 4) is 0 Å². The molecule has 3 amide bonds. The Labute approximate surface area is 165 Å². The molecule has 0 bridgehead atoms. The summed E-state index contributed by atoms with van der Waals surface area (Å²) in [5.41, 5.74) is 8.92. The fourth-order valence-corrected chi connectivity index (χ4v) is 4.86. The summed E-state index contributed by atoms with van der Waals surface area (Å²) in [7, 11) is 0. The number of hydrogen-bond acceptors (Lipinski definition) is 5. The number of carbonyl (C=O) groups excluding carboxylic acids is 3. The molecule has 3 aliphatic heterocycles. The smallest absolute Gasteiger partial charge is 0.255 e. The molecule has 0 saturated carbocycles. The number of benzene rings is 1. The molecule has 1 aromatic rings. The van der Waals surface area contributed by atoms with Gasteiger partial charge in [-0.15, -0.1) is 0 Å². The lowest BCUT2D eigenvalue weighted by Crippen LogP contribution is -2.52. The molecule has 2 atom stereocenters. The Bertz CT molecular complexity index is 835. The number of likely N-dealkylation sites (tertiary alicyclic amines) is 1. The summed E-state index contributed by atoms with van der Waals surface area (Å²) < 4.78 is 0. The van der Waals surface area contributed by atoms with E-state index in [-0.39, 0.29) is 29.6 Å². The minimum Gasteiger partial charge on any atom is -0.329 e. The number of imide groups is 1. The molecule has 3 heterocycles. The van der Waals surface area contributed by atoms with Crippen molar-refractivity contribution < 1.29 is 14.4 Å². The summed E-state index contributed by atoms with van der Waals surface area (Å²) in [6.07, 6.45) is 1.74. The normalized spacial score (nSPS) is 27.2. The van der Waals surface area contributed by atoms with Crippen molar-refractivity contribution in [1.29, 1.82) is 0 Å². The zero-order chi connectivity index (χ0) is 20.1. The third kappa shape index (κ3) is 3.44. The van der Waals surface area contributed by atoms with Gasteiger partial charge in [-0.25, -0.2) is 0 Å². The van der Waals surface area contributed by atoms with E-state index < -0.39 is 6.04 Å². The van der Waals surface area contributed by atoms with Gasteiger partial charge in [0.05, 0.1) is 0 Å². The van der Waals surface area contributed by atoms with E-state index in [1.807, 2.05) is 12.1 Å². The van der Waals surface area contributed by atoms with Gasteiger partial charge in [-0.2, -0.15) is 0 Å². The zero-order valence-electron chi connectivity index (χ0n) is 16.5. The van der Waals surface area contributed by atoms with Gasteiger partial charge in [-0.1, -0.05) is 26.0 Å². The molecular weight excluding hydrogens is 356 g/mol. The Morgan fingerprint density at radius 2 is 2.04 bits per heavy atom. The zero-order valence-corrected chi connectivity index (χ0v) is 16.5. The highest BCUT2D eigenvalue weighted by Gasteiger charge is 2.40. The van der Waals surface area contributed by atoms with Gasteiger partial charge in [0.2, 0.25) is 11.8 Å². The van der Waals surface area contributed by atoms with Crippen LogP contribution in [0.1, 0.15) is 54.6 Å². The number of amides is 3. The highest BCUT2D eigenvalue weighted by molar-refractivity contribution is 6.05. The van der Waals surface area contributed by atoms with Crippen LogP contribution in [0.15, 0.2) is 18.2 Å². The van der Waals surface area contributed by atoms with E-state index in [1.165, 1.54) is 0 Å². The number of carbonyl (C=O) groups is 3. The van der Waals surface area contributed by atoms with Crippen molar-refractivity contribution in [3.63, 3.8) is 0 Å². The van der Waals surface area contributed by atoms with Crippen LogP contribution in [0, 0.1) is 5.41 Å². The first-order chi connectivity index (χ1) is 13.3. The second-order valence-corrected chi connectivity index (χ2v) is 9.05. The average Bonchev–Trinajstić information content (AvgIpc) is 3.11. The van der Waals surface area contributed by atoms with E-state index in [0.717, 1.165) is 30.6 Å². The van der Waals surface area contributed by atoms with Gasteiger partial charge in [0.1, 0.15) is 6.04 Å². The van der Waals surface area contributed by atoms with Crippen LogP contribution in [0.25, 0.3) is 0 Å². The number of rotatable bonds is 4. The van der Waals surface area contributed by atoms with Crippen LogP contribution in [-0.4, -0.2) is 52.7 Å². The number of hydrogen-bond donors (Lipinski definition) is 2. The molecule has 7 nitrogen and oxygen atoms in total. The molecule has 2 saturated heterocycles. The van der Waals surface area contributed by atoms with Crippen LogP contribution in [-0.2, 0) is 22.7 Å². The predicted octanol–water partition coefficient (Wildman–Crippen LogP) is 1.01. The molecule has 4 rings (SSSR count). The standard InChI is InChI=1S/C21H28N4O3/c1-21(2)8-15(9-22)24(12-21)10-13-3-4-14-11-25(20(28)16(14)7-13)17-5-6-18(26)23-19(17)27/h3-4,7,15,17H,5-6,8-12,22H2,1-2H3,(H,23,26,27). The van der Waals surface area contributed by atoms with Crippen LogP contribution in [0.5, 0.6) is 0 Å². The molecule has 7 heteroatoms. The summed E-state index contributed by atoms with van der Waals surface area (Å²) >= 11 is 0. The third-order valence-electron chi connectivity index (χ3n) is 6.19. The van der Waals surface area contributed by atoms with E-state index >= 15 is 0 Å². The first-order valence-corrected chi connectivity index (χ1v) is 9.98. The molecule has 1 aromatic carbocycles. The van der Waals surface area contributed by atoms with E-state index in [0.29, 0.717) is 31.1 Å². The molecule has 28 heavy (non-hydrogen) atoms. The fourth-order valence-electron chi connectivity index (χ4n) is 4.86. The second kappa shape index (κ2) is 6.97. The first-order valence-electron chi connectivity index (χ1n) is 9.98. The lowest BCUT2D eigenvalue weighted by molar-refractivity contribution is -0.136. The number of fused-ring (bicyclic) bond motifs is 1. The second-order valence-electron chi connectivity index (χ2n) is 9.05. The van der Waals surface area contributed by atoms with Crippen molar-refractivity contribution >= 4 is 17.7 Å². The Morgan fingerprint density at radius 1 is 1.25 bits per heavy atom. The monoisotopic (exact) mass is 384 g/mol. The van der Waals surface area contributed by atoms with Crippen LogP contribution in [0.3, 0.4) is 0 Å². The lowest BCUT2D eigenvalue weighted by atomic mass is 9.91. The van der Waals surface area contributed by atoms with Crippen LogP contribution >= 0.6 is 0 Å². The maximum Gasteiger partial charge on any atom is 0.255 e. The van der Waals surface area contributed by atoms with Gasteiger partial charge in [0.15, 0.2) is 0 Å². The Kier molecular flexibility index (Phi) is 4.75. The summed E-state index contributed by atoms with van der Waals surface area (Å²) in [6.45, 7) is 7.34. The largest absolute Gasteiger partial charge is 0.329 e. The van der Waals surface area contributed by atoms with Gasteiger partial charge in [0, 0.05) is 44.2 Å². The fraction of sp³-hybridized carbons (Fsp3) is 0.571. The van der Waals surface area contributed by atoms with Gasteiger partial charge >= 0.3 is 0 Å². The minimum atomic E-state index is -0.568. The molecule has 2 fully saturated rings. The highest BCUT2D eigenvalue weighted by Crippen LogP contribution is 2.35. The van der Waals surface area contributed by atoms with Gasteiger partial charge in [-0.3, -0.25) is 24.6 Å². The SMILES string of the molecule is CC1(C)CC(CN)N(Cc2ccc3c(c2)C(=O)N(C2CCC(=O)NC2=O)C3)C1. The summed E-state index contributed by atoms with van der Waals surface area (Å²) in [4.78, 5) is 40.5. The molecule has 3 aliphatic rings. The molecule has 150 valence electrons. The average molecular weight is 384 g/mol. The van der Waals surface area contributed by atoms with Crippen molar-refractivity contribution in [2.24, 2.45) is 11.1 Å². The molecule has 2 unspecified atom stereocenters. The van der Waals surface area contributed by atoms with Crippen LogP contribution in [0.4, 0.5) is 0 Å². The molecular formula is C21H28N4O3. The quantitative estimate of drug-likeness (QED) is 0.756. The van der Waals surface area contributed by atoms with E-state index in [2.05, 4.69) is 30.1 Å². The molecule has 3 N–H and O–H groups in total. The summed E-state index contributed by atoms with van der Waals surface area (Å²) in [6, 6.07) is 5.81. The van der Waals surface area contributed by atoms with Crippen molar-refractivity contribution in [2.75, 3.05) is 13.1 Å². The topological polar surface area (TPSA) is 95.7 Å². The number of nitrogens with two attached hydrogens (primary N) is 1. The first kappa shape index (κ1) is 19.1. The maximum absolute atomic E-state index is 13.0. The van der Waals surface area contributed by atoms with Crippen molar-refractivity contribution in [3.05, 3.63) is 34.9 Å². The molecule has 0 aliphatic carbocycles. The molecule has 0 aromatic heterocycles. The molecule has 0 spiro atoms. The van der Waals surface area contributed by atoms with Gasteiger partial charge in [0.25, 0.3) is 5.91 Å². The third-order valence-corrected chi connectivity index (χ3v) is 6.19. The van der Waals surface area contributed by atoms with E-state index in [1.54, 1.807) is 4.90 Å². The van der Waals surface area contributed by atoms with Crippen molar-refractivity contribution in [1.82, 2.24) is 15.1 Å². The summed E-state index contributed by atoms with van der Waals surface area (Å²) in [5, 5.41) is 2.34. The van der Waals surface area contributed by atoms with Gasteiger partial charge < -0.3 is 10.6 Å². The number of nitrogens with zero attached hydrogens (tertiary/aromatic N) is 2. The van der Waals surface area contributed by atoms with Crippen LogP contribution in [0.2, 0.25) is 0 Å². The number of piperidine rings is 1.